The first kappa shape index (κ1) is 6.54. The molecule has 0 unspecified atom stereocenters. The van der Waals surface area contributed by atoms with Crippen LogP contribution in [0.1, 0.15) is 0 Å². The highest BCUT2D eigenvalue weighted by Crippen LogP contribution is 2.16. The average Bonchev–Trinajstić information content (AvgIpc) is 2.65. The normalized spacial score (nSPS) is 11.1. The molecule has 2 aromatic heterocycles. The highest BCUT2D eigenvalue weighted by atomic mass is 15.8. The van der Waals surface area contributed by atoms with E-state index >= 15 is 0 Å². The lowest BCUT2D eigenvalue weighted by Crippen LogP contribution is -1.86. The van der Waals surface area contributed by atoms with Crippen molar-refractivity contribution in [3.05, 3.63) is 36.5 Å². The molecule has 0 aliphatic heterocycles. The van der Waals surface area contributed by atoms with Crippen molar-refractivity contribution in [2.75, 3.05) is 0 Å². The van der Waals surface area contributed by atoms with E-state index in [0.29, 0.717) is 0 Å². The molecule has 0 amide bonds. The Morgan fingerprint density at radius 3 is 3.00 bits per heavy atom. The molecule has 0 radical (unpaired) electrons. The minimum absolute atomic E-state index is 0.804. The lowest BCUT2D eigenvalue weighted by Gasteiger charge is -1.96. The van der Waals surface area contributed by atoms with E-state index < -0.39 is 0 Å². The first-order chi connectivity index (χ1) is 6.45. The molecule has 1 aromatic carbocycles. The number of hydrogen-bond donors (Lipinski definition) is 0. The highest BCUT2D eigenvalue weighted by Gasteiger charge is 2.00. The van der Waals surface area contributed by atoms with Crippen molar-refractivity contribution in [3.63, 3.8) is 0 Å². The Morgan fingerprint density at radius 1 is 1.08 bits per heavy atom. The smallest absolute Gasteiger partial charge is 0.186 e. The van der Waals surface area contributed by atoms with E-state index in [1.807, 2.05) is 36.5 Å². The molecule has 0 spiro atoms. The Labute approximate surface area is 73.8 Å². The maximum atomic E-state index is 3.95. The van der Waals surface area contributed by atoms with E-state index in [4.69, 9.17) is 0 Å². The summed E-state index contributed by atoms with van der Waals surface area (Å²) in [6, 6.07) is 10.0. The van der Waals surface area contributed by atoms with Gasteiger partial charge in [-0.25, -0.2) is 4.52 Å². The van der Waals surface area contributed by atoms with Gasteiger partial charge in [-0.15, -0.1) is 5.10 Å². The van der Waals surface area contributed by atoms with Crippen molar-refractivity contribution in [2.24, 2.45) is 0 Å². The van der Waals surface area contributed by atoms with Crippen LogP contribution in [0.15, 0.2) is 36.5 Å². The molecule has 0 saturated heterocycles. The lowest BCUT2D eigenvalue weighted by atomic mass is 10.2. The maximum absolute atomic E-state index is 3.95. The summed E-state index contributed by atoms with van der Waals surface area (Å²) in [4.78, 5) is 0. The van der Waals surface area contributed by atoms with E-state index in [1.54, 1.807) is 4.52 Å². The number of pyridine rings is 1. The van der Waals surface area contributed by atoms with Gasteiger partial charge < -0.3 is 0 Å². The van der Waals surface area contributed by atoms with Gasteiger partial charge >= 0.3 is 0 Å². The van der Waals surface area contributed by atoms with Crippen LogP contribution in [0.3, 0.4) is 0 Å². The van der Waals surface area contributed by atoms with E-state index in [9.17, 15) is 0 Å². The molecule has 0 aliphatic carbocycles. The fourth-order valence-corrected chi connectivity index (χ4v) is 1.47. The quantitative estimate of drug-likeness (QED) is 0.511. The van der Waals surface area contributed by atoms with Crippen molar-refractivity contribution in [3.8, 4) is 0 Å². The van der Waals surface area contributed by atoms with Gasteiger partial charge in [-0.05, 0) is 21.9 Å². The van der Waals surface area contributed by atoms with Gasteiger partial charge in [-0.2, -0.15) is 0 Å². The second-order valence-electron chi connectivity index (χ2n) is 2.85. The van der Waals surface area contributed by atoms with Crippen LogP contribution in [0.2, 0.25) is 0 Å². The molecular weight excluding hydrogens is 165 g/mol. The van der Waals surface area contributed by atoms with Gasteiger partial charge in [0.15, 0.2) is 5.65 Å². The van der Waals surface area contributed by atoms with E-state index in [2.05, 4.69) is 15.5 Å². The Hall–Kier alpha value is -1.97. The Balaban J connectivity index is 2.65. The zero-order valence-electron chi connectivity index (χ0n) is 6.75. The van der Waals surface area contributed by atoms with Gasteiger partial charge in [-0.1, -0.05) is 24.3 Å². The minimum Gasteiger partial charge on any atom is -0.200 e. The van der Waals surface area contributed by atoms with Crippen molar-refractivity contribution < 1.29 is 0 Å². The van der Waals surface area contributed by atoms with Crippen LogP contribution in [0.25, 0.3) is 16.4 Å². The molecule has 0 bridgehead atoms. The third-order valence-corrected chi connectivity index (χ3v) is 2.09. The zero-order chi connectivity index (χ0) is 8.67. The largest absolute Gasteiger partial charge is 0.200 e. The number of tetrazole rings is 1. The third-order valence-electron chi connectivity index (χ3n) is 2.09. The molecule has 3 rings (SSSR count). The Kier molecular flexibility index (Phi) is 1.14. The van der Waals surface area contributed by atoms with Crippen LogP contribution in [0, 0.1) is 0 Å². The predicted octanol–water partition coefficient (Wildman–Crippen LogP) is 1.28. The molecule has 62 valence electrons. The molecular formula is C9H6N4. The molecule has 4 nitrogen and oxygen atoms in total. The summed E-state index contributed by atoms with van der Waals surface area (Å²) in [6.07, 6.45) is 1.86. The van der Waals surface area contributed by atoms with Crippen molar-refractivity contribution in [1.29, 1.82) is 0 Å². The van der Waals surface area contributed by atoms with E-state index in [-0.39, 0.29) is 0 Å². The topological polar surface area (TPSA) is 43.1 Å². The van der Waals surface area contributed by atoms with Crippen LogP contribution in [0.5, 0.6) is 0 Å². The number of rotatable bonds is 0. The van der Waals surface area contributed by atoms with Crippen molar-refractivity contribution in [2.45, 2.75) is 0 Å². The minimum atomic E-state index is 0.804. The van der Waals surface area contributed by atoms with Crippen LogP contribution in [0.4, 0.5) is 0 Å². The highest BCUT2D eigenvalue weighted by molar-refractivity contribution is 5.93. The average molecular weight is 171 g/mol. The molecule has 3 aromatic rings. The predicted molar refractivity (Wildman–Crippen MR) is 48.3 cm³/mol. The van der Waals surface area contributed by atoms with E-state index in [0.717, 1.165) is 16.4 Å². The molecule has 0 aliphatic rings. The second-order valence-corrected chi connectivity index (χ2v) is 2.85. The number of hydrogen-bond acceptors (Lipinski definition) is 3. The number of fused-ring (bicyclic) bond motifs is 3. The number of aromatic nitrogens is 4. The Morgan fingerprint density at radius 2 is 2.00 bits per heavy atom. The second kappa shape index (κ2) is 2.26. The van der Waals surface area contributed by atoms with Gasteiger partial charge in [0.2, 0.25) is 0 Å². The Bertz CT molecular complexity index is 570. The van der Waals surface area contributed by atoms with Gasteiger partial charge in [0.1, 0.15) is 0 Å². The van der Waals surface area contributed by atoms with Crippen LogP contribution >= 0.6 is 0 Å². The lowest BCUT2D eigenvalue weighted by molar-refractivity contribution is 0.824. The summed E-state index contributed by atoms with van der Waals surface area (Å²) in [5.41, 5.74) is 0.804. The molecule has 0 N–H and O–H groups in total. The van der Waals surface area contributed by atoms with Crippen LogP contribution in [-0.4, -0.2) is 20.0 Å². The molecule has 2 heterocycles. The summed E-state index contributed by atoms with van der Waals surface area (Å²) in [6.45, 7) is 0. The first-order valence-corrected chi connectivity index (χ1v) is 4.00. The van der Waals surface area contributed by atoms with Gasteiger partial charge in [-0.3, -0.25) is 0 Å². The number of benzene rings is 1. The zero-order valence-corrected chi connectivity index (χ0v) is 6.75. The van der Waals surface area contributed by atoms with Crippen molar-refractivity contribution in [1.82, 2.24) is 20.0 Å². The summed E-state index contributed by atoms with van der Waals surface area (Å²) in [5.74, 6) is 0. The van der Waals surface area contributed by atoms with Crippen molar-refractivity contribution >= 4 is 16.4 Å². The number of nitrogens with zero attached hydrogens (tertiary/aromatic N) is 4. The van der Waals surface area contributed by atoms with Gasteiger partial charge in [0.25, 0.3) is 0 Å². The molecule has 0 fully saturated rings. The molecule has 0 atom stereocenters. The third kappa shape index (κ3) is 0.823. The fraction of sp³-hybridized carbons (Fsp3) is 0. The summed E-state index contributed by atoms with van der Waals surface area (Å²) < 4.78 is 1.67. The van der Waals surface area contributed by atoms with Crippen LogP contribution < -0.4 is 0 Å². The summed E-state index contributed by atoms with van der Waals surface area (Å²) in [5, 5.41) is 13.6. The van der Waals surface area contributed by atoms with Gasteiger partial charge in [0.05, 0.1) is 0 Å². The standard InChI is InChI=1S/C9H6N4/c1-2-4-8-7(3-1)5-6-13-9(8)10-11-12-13/h1-6H/i10+1. The molecule has 4 heteroatoms. The SMILES string of the molecule is c1ccc2c(c1)ccn1nn[15n]c21. The first-order valence-electron chi connectivity index (χ1n) is 4.00. The van der Waals surface area contributed by atoms with Crippen LogP contribution in [-0.2, 0) is 0 Å². The summed E-state index contributed by atoms with van der Waals surface area (Å²) >= 11 is 0. The van der Waals surface area contributed by atoms with Gasteiger partial charge in [0, 0.05) is 11.6 Å². The molecule has 13 heavy (non-hydrogen) atoms. The monoisotopic (exact) mass is 171 g/mol. The summed E-state index contributed by atoms with van der Waals surface area (Å²) in [7, 11) is 0. The fourth-order valence-electron chi connectivity index (χ4n) is 1.47. The van der Waals surface area contributed by atoms with E-state index in [1.165, 1.54) is 0 Å². The molecule has 0 saturated carbocycles. The maximum Gasteiger partial charge on any atom is 0.186 e.